The van der Waals surface area contributed by atoms with E-state index in [-0.39, 0.29) is 13.2 Å². The lowest BCUT2D eigenvalue weighted by Gasteiger charge is -2.00. The molecule has 5 nitrogen and oxygen atoms in total. The Balaban J connectivity index is 2.33. The standard InChI is InChI=1S/C7H10N2O3/c1-9-6(2-3-8-9)4-12-5-7(10)11/h2-3H,4-5H2,1H3,(H,10,11). The molecular formula is C7H10N2O3. The molecule has 0 radical (unpaired) electrons. The molecule has 0 aliphatic rings. The minimum atomic E-state index is -0.961. The number of carbonyl (C=O) groups is 1. The SMILES string of the molecule is Cn1nccc1COCC(=O)O. The van der Waals surface area contributed by atoms with Crippen molar-refractivity contribution in [3.63, 3.8) is 0 Å². The Bertz CT molecular complexity index is 269. The van der Waals surface area contributed by atoms with Crippen molar-refractivity contribution in [2.45, 2.75) is 6.61 Å². The molecule has 0 spiro atoms. The van der Waals surface area contributed by atoms with Crippen LogP contribution in [0.2, 0.25) is 0 Å². The van der Waals surface area contributed by atoms with Gasteiger partial charge in [0.25, 0.3) is 0 Å². The summed E-state index contributed by atoms with van der Waals surface area (Å²) >= 11 is 0. The molecule has 1 heterocycles. The van der Waals surface area contributed by atoms with Crippen LogP contribution in [0.15, 0.2) is 12.3 Å². The lowest BCUT2D eigenvalue weighted by Crippen LogP contribution is -2.08. The maximum atomic E-state index is 10.1. The van der Waals surface area contributed by atoms with E-state index < -0.39 is 5.97 Å². The summed E-state index contributed by atoms with van der Waals surface area (Å²) < 4.78 is 6.50. The quantitative estimate of drug-likeness (QED) is 0.691. The summed E-state index contributed by atoms with van der Waals surface area (Å²) in [6.07, 6.45) is 1.64. The Morgan fingerprint density at radius 2 is 2.58 bits per heavy atom. The lowest BCUT2D eigenvalue weighted by molar-refractivity contribution is -0.142. The molecule has 0 saturated heterocycles. The topological polar surface area (TPSA) is 64.4 Å². The van der Waals surface area contributed by atoms with E-state index in [9.17, 15) is 4.79 Å². The van der Waals surface area contributed by atoms with Crippen LogP contribution in [0.4, 0.5) is 0 Å². The van der Waals surface area contributed by atoms with Gasteiger partial charge in [0.15, 0.2) is 0 Å². The number of nitrogens with zero attached hydrogens (tertiary/aromatic N) is 2. The molecule has 0 aromatic carbocycles. The first-order valence-electron chi connectivity index (χ1n) is 3.46. The second-order valence-corrected chi connectivity index (χ2v) is 2.33. The zero-order valence-corrected chi connectivity index (χ0v) is 6.73. The van der Waals surface area contributed by atoms with Crippen LogP contribution in [-0.2, 0) is 23.2 Å². The van der Waals surface area contributed by atoms with Crippen molar-refractivity contribution >= 4 is 5.97 Å². The fraction of sp³-hybridized carbons (Fsp3) is 0.429. The summed E-state index contributed by atoms with van der Waals surface area (Å²) in [4.78, 5) is 10.1. The predicted octanol–water partition coefficient (Wildman–Crippen LogP) is 0.0213. The van der Waals surface area contributed by atoms with E-state index in [1.54, 1.807) is 24.0 Å². The normalized spacial score (nSPS) is 10.1. The molecule has 1 rings (SSSR count). The Hall–Kier alpha value is -1.36. The van der Waals surface area contributed by atoms with Gasteiger partial charge in [-0.25, -0.2) is 4.79 Å². The molecule has 0 saturated carbocycles. The van der Waals surface area contributed by atoms with Gasteiger partial charge in [0.2, 0.25) is 0 Å². The van der Waals surface area contributed by atoms with Gasteiger partial charge in [0.05, 0.1) is 12.3 Å². The number of ether oxygens (including phenoxy) is 1. The van der Waals surface area contributed by atoms with Crippen LogP contribution in [-0.4, -0.2) is 27.5 Å². The monoisotopic (exact) mass is 170 g/mol. The minimum absolute atomic E-state index is 0.273. The van der Waals surface area contributed by atoms with Crippen molar-refractivity contribution in [1.82, 2.24) is 9.78 Å². The molecule has 12 heavy (non-hydrogen) atoms. The number of carboxylic acids is 1. The van der Waals surface area contributed by atoms with Crippen LogP contribution in [0.5, 0.6) is 0 Å². The van der Waals surface area contributed by atoms with E-state index in [4.69, 9.17) is 9.84 Å². The molecule has 0 atom stereocenters. The van der Waals surface area contributed by atoms with Gasteiger partial charge in [-0.15, -0.1) is 0 Å². The van der Waals surface area contributed by atoms with Gasteiger partial charge in [-0.05, 0) is 6.07 Å². The summed E-state index contributed by atoms with van der Waals surface area (Å²) in [5.41, 5.74) is 0.858. The first kappa shape index (κ1) is 8.73. The van der Waals surface area contributed by atoms with Crippen LogP contribution in [0.25, 0.3) is 0 Å². The molecule has 1 aromatic rings. The summed E-state index contributed by atoms with van der Waals surface area (Å²) in [6.45, 7) is 0.00792. The molecule has 0 aliphatic carbocycles. The van der Waals surface area contributed by atoms with Crippen molar-refractivity contribution in [2.24, 2.45) is 7.05 Å². The maximum Gasteiger partial charge on any atom is 0.329 e. The number of aliphatic carboxylic acids is 1. The van der Waals surface area contributed by atoms with E-state index in [1.807, 2.05) is 0 Å². The van der Waals surface area contributed by atoms with Crippen molar-refractivity contribution in [3.8, 4) is 0 Å². The number of hydrogen-bond donors (Lipinski definition) is 1. The van der Waals surface area contributed by atoms with Gasteiger partial charge >= 0.3 is 5.97 Å². The van der Waals surface area contributed by atoms with Crippen molar-refractivity contribution in [2.75, 3.05) is 6.61 Å². The predicted molar refractivity (Wildman–Crippen MR) is 40.5 cm³/mol. The van der Waals surface area contributed by atoms with Gasteiger partial charge in [-0.2, -0.15) is 5.10 Å². The van der Waals surface area contributed by atoms with E-state index >= 15 is 0 Å². The Labute approximate surface area is 69.6 Å². The fourth-order valence-electron chi connectivity index (χ4n) is 0.786. The van der Waals surface area contributed by atoms with Crippen molar-refractivity contribution in [3.05, 3.63) is 18.0 Å². The fourth-order valence-corrected chi connectivity index (χ4v) is 0.786. The largest absolute Gasteiger partial charge is 0.480 e. The zero-order valence-electron chi connectivity index (χ0n) is 6.73. The van der Waals surface area contributed by atoms with E-state index in [1.165, 1.54) is 0 Å². The van der Waals surface area contributed by atoms with E-state index in [0.717, 1.165) is 5.69 Å². The number of rotatable bonds is 4. The highest BCUT2D eigenvalue weighted by atomic mass is 16.5. The third-order valence-corrected chi connectivity index (χ3v) is 1.40. The molecule has 5 heteroatoms. The molecule has 66 valence electrons. The second-order valence-electron chi connectivity index (χ2n) is 2.33. The van der Waals surface area contributed by atoms with E-state index in [2.05, 4.69) is 5.10 Å². The van der Waals surface area contributed by atoms with E-state index in [0.29, 0.717) is 0 Å². The summed E-state index contributed by atoms with van der Waals surface area (Å²) in [5, 5.41) is 12.2. The smallest absolute Gasteiger partial charge is 0.329 e. The highest BCUT2D eigenvalue weighted by Crippen LogP contribution is 1.97. The summed E-state index contributed by atoms with van der Waals surface area (Å²) in [6, 6.07) is 1.78. The second kappa shape index (κ2) is 3.87. The van der Waals surface area contributed by atoms with Crippen LogP contribution in [0.1, 0.15) is 5.69 Å². The number of hydrogen-bond acceptors (Lipinski definition) is 3. The Kier molecular flexibility index (Phi) is 2.82. The highest BCUT2D eigenvalue weighted by molar-refractivity contribution is 5.67. The van der Waals surface area contributed by atoms with Gasteiger partial charge in [0, 0.05) is 13.2 Å². The summed E-state index contributed by atoms with van der Waals surface area (Å²) in [7, 11) is 1.78. The molecule has 0 amide bonds. The average Bonchev–Trinajstić information content (AvgIpc) is 2.36. The van der Waals surface area contributed by atoms with Crippen LogP contribution in [0, 0.1) is 0 Å². The maximum absolute atomic E-state index is 10.1. The Morgan fingerprint density at radius 1 is 1.83 bits per heavy atom. The number of aromatic nitrogens is 2. The van der Waals surface area contributed by atoms with Gasteiger partial charge in [0.1, 0.15) is 6.61 Å². The van der Waals surface area contributed by atoms with Gasteiger partial charge in [-0.1, -0.05) is 0 Å². The molecule has 0 bridgehead atoms. The van der Waals surface area contributed by atoms with Crippen molar-refractivity contribution < 1.29 is 14.6 Å². The lowest BCUT2D eigenvalue weighted by atomic mass is 10.4. The first-order valence-corrected chi connectivity index (χ1v) is 3.46. The van der Waals surface area contributed by atoms with Crippen molar-refractivity contribution in [1.29, 1.82) is 0 Å². The zero-order chi connectivity index (χ0) is 8.97. The molecular weight excluding hydrogens is 160 g/mol. The molecule has 1 aromatic heterocycles. The molecule has 0 unspecified atom stereocenters. The molecule has 0 aliphatic heterocycles. The van der Waals surface area contributed by atoms with Crippen LogP contribution < -0.4 is 0 Å². The Morgan fingerprint density at radius 3 is 3.08 bits per heavy atom. The van der Waals surface area contributed by atoms with Crippen LogP contribution in [0.3, 0.4) is 0 Å². The van der Waals surface area contributed by atoms with Gasteiger partial charge in [-0.3, -0.25) is 4.68 Å². The highest BCUT2D eigenvalue weighted by Gasteiger charge is 2.00. The minimum Gasteiger partial charge on any atom is -0.480 e. The first-order chi connectivity index (χ1) is 5.70. The summed E-state index contributed by atoms with van der Waals surface area (Å²) in [5.74, 6) is -0.961. The number of aryl methyl sites for hydroxylation is 1. The van der Waals surface area contributed by atoms with Crippen LogP contribution >= 0.6 is 0 Å². The average molecular weight is 170 g/mol. The molecule has 1 N–H and O–H groups in total. The third kappa shape index (κ3) is 2.35. The third-order valence-electron chi connectivity index (χ3n) is 1.40. The number of carboxylic acid groups (broad SMARTS) is 1. The molecule has 0 fully saturated rings. The van der Waals surface area contributed by atoms with Gasteiger partial charge < -0.3 is 9.84 Å².